The highest BCUT2D eigenvalue weighted by molar-refractivity contribution is 6.01. The van der Waals surface area contributed by atoms with Gasteiger partial charge in [-0.3, -0.25) is 9.59 Å². The maximum Gasteiger partial charge on any atom is 0.227 e. The summed E-state index contributed by atoms with van der Waals surface area (Å²) < 4.78 is 10.7. The van der Waals surface area contributed by atoms with Crippen molar-refractivity contribution in [3.8, 4) is 11.5 Å². The number of methoxy groups -OCH3 is 2. The van der Waals surface area contributed by atoms with Gasteiger partial charge in [0.05, 0.1) is 31.9 Å². The zero-order chi connectivity index (χ0) is 22.5. The highest BCUT2D eigenvalue weighted by Crippen LogP contribution is 2.36. The second kappa shape index (κ2) is 9.56. The van der Waals surface area contributed by atoms with Gasteiger partial charge in [-0.1, -0.05) is 60.7 Å². The maximum atomic E-state index is 13.2. The van der Waals surface area contributed by atoms with Crippen LogP contribution in [0.5, 0.6) is 11.5 Å². The molecule has 3 aromatic carbocycles. The predicted molar refractivity (Wildman–Crippen MR) is 123 cm³/mol. The van der Waals surface area contributed by atoms with Gasteiger partial charge in [0.25, 0.3) is 0 Å². The van der Waals surface area contributed by atoms with Crippen molar-refractivity contribution < 1.29 is 19.1 Å². The Balaban J connectivity index is 1.54. The minimum Gasteiger partial charge on any atom is -0.497 e. The Kier molecular flexibility index (Phi) is 6.40. The molecule has 6 heteroatoms. The highest BCUT2D eigenvalue weighted by Gasteiger charge is 2.37. The summed E-state index contributed by atoms with van der Waals surface area (Å²) in [6, 6.07) is 24.7. The van der Waals surface area contributed by atoms with Crippen molar-refractivity contribution in [3.63, 3.8) is 0 Å². The molecule has 1 heterocycles. The Labute approximate surface area is 187 Å². The third-order valence-electron chi connectivity index (χ3n) is 5.73. The Bertz CT molecular complexity index is 1050. The van der Waals surface area contributed by atoms with E-state index in [1.165, 1.54) is 0 Å². The van der Waals surface area contributed by atoms with E-state index in [0.717, 1.165) is 11.1 Å². The average molecular weight is 431 g/mol. The van der Waals surface area contributed by atoms with Crippen molar-refractivity contribution >= 4 is 17.5 Å². The number of benzene rings is 3. The molecule has 6 nitrogen and oxygen atoms in total. The first-order valence-corrected chi connectivity index (χ1v) is 10.5. The van der Waals surface area contributed by atoms with Gasteiger partial charge in [-0.25, -0.2) is 0 Å². The zero-order valence-corrected chi connectivity index (χ0v) is 18.2. The summed E-state index contributed by atoms with van der Waals surface area (Å²) >= 11 is 0. The molecule has 1 atom stereocenters. The molecule has 0 spiro atoms. The molecule has 0 saturated carbocycles. The van der Waals surface area contributed by atoms with E-state index in [4.69, 9.17) is 9.47 Å². The lowest BCUT2D eigenvalue weighted by atomic mass is 9.97. The molecule has 1 N–H and O–H groups in total. The first-order valence-electron chi connectivity index (χ1n) is 10.5. The van der Waals surface area contributed by atoms with Gasteiger partial charge in [0.2, 0.25) is 11.8 Å². The van der Waals surface area contributed by atoms with E-state index in [0.29, 0.717) is 23.7 Å². The summed E-state index contributed by atoms with van der Waals surface area (Å²) in [4.78, 5) is 27.6. The van der Waals surface area contributed by atoms with Crippen LogP contribution in [0.3, 0.4) is 0 Å². The number of nitrogens with zero attached hydrogens (tertiary/aromatic N) is 1. The molecule has 1 aliphatic heterocycles. The third kappa shape index (κ3) is 4.44. The first-order chi connectivity index (χ1) is 15.6. The van der Waals surface area contributed by atoms with Crippen molar-refractivity contribution in [1.29, 1.82) is 0 Å². The van der Waals surface area contributed by atoms with E-state index in [2.05, 4.69) is 5.32 Å². The first kappa shape index (κ1) is 21.4. The van der Waals surface area contributed by atoms with Crippen molar-refractivity contribution in [2.45, 2.75) is 12.5 Å². The summed E-state index contributed by atoms with van der Waals surface area (Å²) in [7, 11) is 3.12. The number of nitrogens with one attached hydrogen (secondary N) is 1. The lowest BCUT2D eigenvalue weighted by Gasteiger charge is -2.23. The Hall–Kier alpha value is -3.80. The van der Waals surface area contributed by atoms with E-state index in [1.807, 2.05) is 60.7 Å². The largest absolute Gasteiger partial charge is 0.497 e. The van der Waals surface area contributed by atoms with Gasteiger partial charge in [0.1, 0.15) is 11.5 Å². The fourth-order valence-electron chi connectivity index (χ4n) is 4.03. The number of hydrogen-bond donors (Lipinski definition) is 1. The number of carbonyl (C=O) groups excluding carboxylic acids is 2. The lowest BCUT2D eigenvalue weighted by molar-refractivity contribution is -0.126. The van der Waals surface area contributed by atoms with Crippen LogP contribution in [0, 0.1) is 5.92 Å². The van der Waals surface area contributed by atoms with Gasteiger partial charge in [-0.05, 0) is 23.3 Å². The molecule has 0 aliphatic carbocycles. The highest BCUT2D eigenvalue weighted by atomic mass is 16.5. The molecule has 3 aromatic rings. The molecule has 4 rings (SSSR count). The molecule has 1 aliphatic rings. The fourth-order valence-corrected chi connectivity index (χ4v) is 4.03. The molecule has 0 unspecified atom stereocenters. The standard InChI is InChI=1S/C26H26N2O4/c1-31-21-13-14-22(23(16-21)32-2)28-17-20(15-24(28)29)26(30)27-25(18-9-5-3-6-10-18)19-11-7-4-8-12-19/h3-14,16,20,25H,15,17H2,1-2H3,(H,27,30)/t20-/m1/s1. The van der Waals surface area contributed by atoms with E-state index in [-0.39, 0.29) is 24.3 Å². The molecule has 1 fully saturated rings. The van der Waals surface area contributed by atoms with Crippen molar-refractivity contribution in [2.75, 3.05) is 25.7 Å². The summed E-state index contributed by atoms with van der Waals surface area (Å²) in [6.07, 6.45) is 0.150. The molecular formula is C26H26N2O4. The van der Waals surface area contributed by atoms with Gasteiger partial charge >= 0.3 is 0 Å². The number of carbonyl (C=O) groups is 2. The summed E-state index contributed by atoms with van der Waals surface area (Å²) in [5, 5.41) is 3.16. The van der Waals surface area contributed by atoms with Crippen molar-refractivity contribution in [2.24, 2.45) is 5.92 Å². The molecule has 164 valence electrons. The molecule has 0 bridgehead atoms. The minimum absolute atomic E-state index is 0.107. The number of amides is 2. The predicted octanol–water partition coefficient (Wildman–Crippen LogP) is 3.96. The van der Waals surface area contributed by atoms with Gasteiger partial charge < -0.3 is 19.7 Å². The SMILES string of the molecule is COc1ccc(N2C[C@H](C(=O)NC(c3ccccc3)c3ccccc3)CC2=O)c(OC)c1. The average Bonchev–Trinajstić information content (AvgIpc) is 3.24. The summed E-state index contributed by atoms with van der Waals surface area (Å²) in [6.45, 7) is 0.295. The van der Waals surface area contributed by atoms with Gasteiger partial charge in [-0.15, -0.1) is 0 Å². The second-order valence-corrected chi connectivity index (χ2v) is 7.71. The van der Waals surface area contributed by atoms with Crippen LogP contribution in [0.2, 0.25) is 0 Å². The van der Waals surface area contributed by atoms with Crippen LogP contribution in [-0.4, -0.2) is 32.6 Å². The van der Waals surface area contributed by atoms with Crippen LogP contribution in [0.4, 0.5) is 5.69 Å². The second-order valence-electron chi connectivity index (χ2n) is 7.71. The molecule has 1 saturated heterocycles. The van der Waals surface area contributed by atoms with Gasteiger partial charge in [0.15, 0.2) is 0 Å². The van der Waals surface area contributed by atoms with Gasteiger partial charge in [-0.2, -0.15) is 0 Å². The third-order valence-corrected chi connectivity index (χ3v) is 5.73. The summed E-state index contributed by atoms with van der Waals surface area (Å²) in [5.41, 5.74) is 2.62. The summed E-state index contributed by atoms with van der Waals surface area (Å²) in [5.74, 6) is 0.463. The van der Waals surface area contributed by atoms with Crippen LogP contribution in [-0.2, 0) is 9.59 Å². The molecule has 0 aromatic heterocycles. The van der Waals surface area contributed by atoms with E-state index < -0.39 is 5.92 Å². The van der Waals surface area contributed by atoms with Crippen LogP contribution in [0.25, 0.3) is 0 Å². The zero-order valence-electron chi connectivity index (χ0n) is 18.2. The van der Waals surface area contributed by atoms with E-state index in [1.54, 1.807) is 37.3 Å². The smallest absolute Gasteiger partial charge is 0.227 e. The topological polar surface area (TPSA) is 67.9 Å². The van der Waals surface area contributed by atoms with Crippen molar-refractivity contribution in [1.82, 2.24) is 5.32 Å². The number of anilines is 1. The van der Waals surface area contributed by atoms with Crippen LogP contribution in [0.15, 0.2) is 78.9 Å². The minimum atomic E-state index is -0.454. The Morgan fingerprint density at radius 3 is 2.12 bits per heavy atom. The Morgan fingerprint density at radius 2 is 1.56 bits per heavy atom. The molecule has 0 radical (unpaired) electrons. The lowest BCUT2D eigenvalue weighted by Crippen LogP contribution is -2.36. The molecule has 32 heavy (non-hydrogen) atoms. The van der Waals surface area contributed by atoms with Crippen LogP contribution in [0.1, 0.15) is 23.6 Å². The monoisotopic (exact) mass is 430 g/mol. The van der Waals surface area contributed by atoms with Gasteiger partial charge in [0, 0.05) is 19.0 Å². The van der Waals surface area contributed by atoms with E-state index >= 15 is 0 Å². The molecule has 2 amide bonds. The number of ether oxygens (including phenoxy) is 2. The normalized spacial score (nSPS) is 15.7. The Morgan fingerprint density at radius 1 is 0.938 bits per heavy atom. The van der Waals surface area contributed by atoms with Crippen molar-refractivity contribution in [3.05, 3.63) is 90.0 Å². The van der Waals surface area contributed by atoms with Crippen LogP contribution >= 0.6 is 0 Å². The quantitative estimate of drug-likeness (QED) is 0.616. The number of rotatable bonds is 7. The molecular weight excluding hydrogens is 404 g/mol. The van der Waals surface area contributed by atoms with Crippen LogP contribution < -0.4 is 19.7 Å². The number of hydrogen-bond acceptors (Lipinski definition) is 4. The van der Waals surface area contributed by atoms with E-state index in [9.17, 15) is 9.59 Å². The maximum absolute atomic E-state index is 13.2. The fraction of sp³-hybridized carbons (Fsp3) is 0.231.